The molecule has 0 unspecified atom stereocenters. The highest BCUT2D eigenvalue weighted by molar-refractivity contribution is 5.95. The van der Waals surface area contributed by atoms with E-state index in [0.717, 1.165) is 22.0 Å². The molecule has 2 fully saturated rings. The molecule has 8 nitrogen and oxygen atoms in total. The van der Waals surface area contributed by atoms with Crippen molar-refractivity contribution in [3.63, 3.8) is 0 Å². The van der Waals surface area contributed by atoms with E-state index < -0.39 is 5.60 Å². The maximum absolute atomic E-state index is 13.0. The summed E-state index contributed by atoms with van der Waals surface area (Å²) in [6.07, 6.45) is 2.94. The Morgan fingerprint density at radius 2 is 1.67 bits per heavy atom. The molecule has 2 aromatic carbocycles. The Hall–Kier alpha value is -3.23. The summed E-state index contributed by atoms with van der Waals surface area (Å²) in [6.45, 7) is 3.16. The van der Waals surface area contributed by atoms with Crippen LogP contribution in [0.15, 0.2) is 48.7 Å². The predicted octanol–water partition coefficient (Wildman–Crippen LogP) is 2.16. The molecule has 5 rings (SSSR count). The second kappa shape index (κ2) is 8.61. The lowest BCUT2D eigenvalue weighted by molar-refractivity contribution is -0.143. The zero-order valence-corrected chi connectivity index (χ0v) is 18.7. The third-order valence-corrected chi connectivity index (χ3v) is 6.59. The quantitative estimate of drug-likeness (QED) is 0.624. The van der Waals surface area contributed by atoms with Gasteiger partial charge < -0.3 is 19.6 Å². The van der Waals surface area contributed by atoms with E-state index >= 15 is 0 Å². The molecule has 0 radical (unpaired) electrons. The van der Waals surface area contributed by atoms with Crippen LogP contribution in [0.25, 0.3) is 22.0 Å². The van der Waals surface area contributed by atoms with Crippen molar-refractivity contribution in [2.24, 2.45) is 0 Å². The lowest BCUT2D eigenvalue weighted by Gasteiger charge is -2.35. The summed E-state index contributed by atoms with van der Waals surface area (Å²) in [7, 11) is 1.68. The SMILES string of the molecule is COCCn1ncc2ccc(-c3ccc(C(=O)N4CCN(C(=O)C5(O)CC5)CC4)cc3)cc21. The number of nitrogens with zero attached hydrogens (tertiary/aromatic N) is 4. The van der Waals surface area contributed by atoms with Crippen LogP contribution in [0.3, 0.4) is 0 Å². The molecule has 1 aliphatic heterocycles. The Kier molecular flexibility index (Phi) is 5.64. The van der Waals surface area contributed by atoms with E-state index in [4.69, 9.17) is 4.74 Å². The van der Waals surface area contributed by atoms with Gasteiger partial charge in [0.05, 0.1) is 24.9 Å². The summed E-state index contributed by atoms with van der Waals surface area (Å²) in [5, 5.41) is 15.6. The Balaban J connectivity index is 1.26. The summed E-state index contributed by atoms with van der Waals surface area (Å²) < 4.78 is 7.11. The number of aliphatic hydroxyl groups is 1. The van der Waals surface area contributed by atoms with E-state index in [2.05, 4.69) is 23.3 Å². The Morgan fingerprint density at radius 1 is 1.00 bits per heavy atom. The van der Waals surface area contributed by atoms with E-state index in [1.807, 2.05) is 35.1 Å². The third kappa shape index (κ3) is 4.24. The monoisotopic (exact) mass is 448 g/mol. The van der Waals surface area contributed by atoms with Crippen LogP contribution in [0.4, 0.5) is 0 Å². The molecule has 2 heterocycles. The first-order valence-corrected chi connectivity index (χ1v) is 11.3. The first kappa shape index (κ1) is 21.6. The molecule has 172 valence electrons. The van der Waals surface area contributed by atoms with Crippen molar-refractivity contribution in [1.29, 1.82) is 0 Å². The largest absolute Gasteiger partial charge is 0.383 e. The van der Waals surface area contributed by atoms with E-state index in [-0.39, 0.29) is 11.8 Å². The van der Waals surface area contributed by atoms with Crippen molar-refractivity contribution in [1.82, 2.24) is 19.6 Å². The van der Waals surface area contributed by atoms with Crippen molar-refractivity contribution in [2.75, 3.05) is 39.9 Å². The van der Waals surface area contributed by atoms with Crippen molar-refractivity contribution in [3.8, 4) is 11.1 Å². The first-order chi connectivity index (χ1) is 16.0. The topological polar surface area (TPSA) is 87.9 Å². The summed E-state index contributed by atoms with van der Waals surface area (Å²) in [5.41, 5.74) is 2.62. The second-order valence-electron chi connectivity index (χ2n) is 8.83. The summed E-state index contributed by atoms with van der Waals surface area (Å²) in [4.78, 5) is 28.7. The number of benzene rings is 2. The lowest BCUT2D eigenvalue weighted by Crippen LogP contribution is -2.53. The predicted molar refractivity (Wildman–Crippen MR) is 124 cm³/mol. The number of rotatable bonds is 6. The molecular weight excluding hydrogens is 420 g/mol. The molecule has 0 spiro atoms. The van der Waals surface area contributed by atoms with Gasteiger partial charge in [0.1, 0.15) is 5.60 Å². The Morgan fingerprint density at radius 3 is 2.33 bits per heavy atom. The van der Waals surface area contributed by atoms with Gasteiger partial charge in [0.2, 0.25) is 0 Å². The van der Waals surface area contributed by atoms with E-state index in [9.17, 15) is 14.7 Å². The molecule has 2 aliphatic rings. The maximum Gasteiger partial charge on any atom is 0.254 e. The summed E-state index contributed by atoms with van der Waals surface area (Å²) in [6, 6.07) is 13.9. The summed E-state index contributed by atoms with van der Waals surface area (Å²) in [5.74, 6) is -0.230. The standard InChI is InChI=1S/C25H28N4O4/c1-33-15-14-29-22-16-20(6-7-21(22)17-26-29)18-2-4-19(5-3-18)23(30)27-10-12-28(13-11-27)24(31)25(32)8-9-25/h2-7,16-17,32H,8-15H2,1H3. The number of hydrogen-bond acceptors (Lipinski definition) is 5. The van der Waals surface area contributed by atoms with Crippen LogP contribution in [-0.2, 0) is 16.1 Å². The zero-order valence-electron chi connectivity index (χ0n) is 18.7. The number of methoxy groups -OCH3 is 1. The molecule has 1 saturated carbocycles. The molecule has 1 N–H and O–H groups in total. The molecular formula is C25H28N4O4. The average Bonchev–Trinajstić information content (AvgIpc) is 3.49. The number of carbonyl (C=O) groups excluding carboxylic acids is 2. The molecule has 2 amide bonds. The highest BCUT2D eigenvalue weighted by Gasteiger charge is 2.50. The van der Waals surface area contributed by atoms with Gasteiger partial charge in [-0.3, -0.25) is 14.3 Å². The minimum absolute atomic E-state index is 0.0353. The third-order valence-electron chi connectivity index (χ3n) is 6.59. The number of aromatic nitrogens is 2. The normalized spacial score (nSPS) is 17.4. The van der Waals surface area contributed by atoms with Gasteiger partial charge in [0.15, 0.2) is 0 Å². The average molecular weight is 449 g/mol. The highest BCUT2D eigenvalue weighted by Crippen LogP contribution is 2.37. The van der Waals surface area contributed by atoms with Crippen molar-refractivity contribution >= 4 is 22.7 Å². The van der Waals surface area contributed by atoms with Crippen molar-refractivity contribution < 1.29 is 19.4 Å². The maximum atomic E-state index is 13.0. The van der Waals surface area contributed by atoms with Gasteiger partial charge in [-0.1, -0.05) is 24.3 Å². The molecule has 8 heteroatoms. The first-order valence-electron chi connectivity index (χ1n) is 11.3. The zero-order chi connectivity index (χ0) is 23.0. The van der Waals surface area contributed by atoms with Crippen molar-refractivity contribution in [3.05, 3.63) is 54.2 Å². The summed E-state index contributed by atoms with van der Waals surface area (Å²) >= 11 is 0. The number of fused-ring (bicyclic) bond motifs is 1. The van der Waals surface area contributed by atoms with Crippen LogP contribution in [0.5, 0.6) is 0 Å². The molecule has 3 aromatic rings. The van der Waals surface area contributed by atoms with Gasteiger partial charge in [-0.25, -0.2) is 0 Å². The van der Waals surface area contributed by atoms with Gasteiger partial charge in [-0.05, 0) is 42.2 Å². The van der Waals surface area contributed by atoms with Crippen LogP contribution in [0.2, 0.25) is 0 Å². The van der Waals surface area contributed by atoms with Gasteiger partial charge >= 0.3 is 0 Å². The number of ether oxygens (including phenoxy) is 1. The van der Waals surface area contributed by atoms with Gasteiger partial charge in [-0.15, -0.1) is 0 Å². The van der Waals surface area contributed by atoms with E-state index in [1.165, 1.54) is 0 Å². The smallest absolute Gasteiger partial charge is 0.254 e. The van der Waals surface area contributed by atoms with Crippen LogP contribution >= 0.6 is 0 Å². The van der Waals surface area contributed by atoms with Gasteiger partial charge in [0.25, 0.3) is 11.8 Å². The van der Waals surface area contributed by atoms with Crippen LogP contribution in [0, 0.1) is 0 Å². The number of hydrogen-bond donors (Lipinski definition) is 1. The van der Waals surface area contributed by atoms with Crippen LogP contribution in [0.1, 0.15) is 23.2 Å². The number of piperazine rings is 1. The lowest BCUT2D eigenvalue weighted by atomic mass is 10.0. The minimum atomic E-state index is -1.15. The second-order valence-corrected chi connectivity index (χ2v) is 8.83. The minimum Gasteiger partial charge on any atom is -0.383 e. The fourth-order valence-corrected chi connectivity index (χ4v) is 4.33. The van der Waals surface area contributed by atoms with Crippen molar-refractivity contribution in [2.45, 2.75) is 25.0 Å². The Bertz CT molecular complexity index is 1170. The molecule has 1 saturated heterocycles. The molecule has 1 aliphatic carbocycles. The molecule has 1 aromatic heterocycles. The molecule has 0 bridgehead atoms. The number of amides is 2. The molecule has 33 heavy (non-hydrogen) atoms. The highest BCUT2D eigenvalue weighted by atomic mass is 16.5. The molecule has 0 atom stereocenters. The van der Waals surface area contributed by atoms with E-state index in [1.54, 1.807) is 16.9 Å². The fourth-order valence-electron chi connectivity index (χ4n) is 4.33. The van der Waals surface area contributed by atoms with Gasteiger partial charge in [0, 0.05) is 44.2 Å². The fraction of sp³-hybridized carbons (Fsp3) is 0.400. The Labute approximate surface area is 192 Å². The number of carbonyl (C=O) groups is 2. The van der Waals surface area contributed by atoms with Crippen LogP contribution < -0.4 is 0 Å². The van der Waals surface area contributed by atoms with E-state index in [0.29, 0.717) is 57.7 Å². The van der Waals surface area contributed by atoms with Gasteiger partial charge in [-0.2, -0.15) is 5.10 Å². The van der Waals surface area contributed by atoms with Crippen LogP contribution in [-0.4, -0.2) is 82.0 Å².